The van der Waals surface area contributed by atoms with Gasteiger partial charge in [-0.3, -0.25) is 9.20 Å². The van der Waals surface area contributed by atoms with E-state index in [0.29, 0.717) is 11.2 Å². The normalized spacial score (nSPS) is 11.1. The minimum absolute atomic E-state index is 0.243. The molecule has 68 valence electrons. The van der Waals surface area contributed by atoms with Crippen molar-refractivity contribution in [2.24, 2.45) is 0 Å². The topological polar surface area (TPSA) is 88.8 Å². The lowest BCUT2D eigenvalue weighted by molar-refractivity contribution is 1.09. The van der Waals surface area contributed by atoms with Gasteiger partial charge in [0.2, 0.25) is 5.65 Å². The first-order chi connectivity index (χ1) is 6.86. The predicted octanol–water partition coefficient (Wildman–Crippen LogP) is -0.639. The molecule has 14 heavy (non-hydrogen) atoms. The number of H-pyrrole nitrogens is 1. The lowest BCUT2D eigenvalue weighted by Crippen LogP contribution is -2.11. The first-order valence-electron chi connectivity index (χ1n) is 3.88. The zero-order chi connectivity index (χ0) is 9.54. The van der Waals surface area contributed by atoms with Gasteiger partial charge in [-0.2, -0.15) is 0 Å². The van der Waals surface area contributed by atoms with Crippen LogP contribution in [0.15, 0.2) is 23.6 Å². The van der Waals surface area contributed by atoms with Gasteiger partial charge >= 0.3 is 0 Å². The maximum absolute atomic E-state index is 11.4. The average Bonchev–Trinajstić information content (AvgIpc) is 2.67. The number of nitrogens with zero attached hydrogens (tertiary/aromatic N) is 5. The molecule has 0 aliphatic rings. The van der Waals surface area contributed by atoms with E-state index in [-0.39, 0.29) is 11.2 Å². The summed E-state index contributed by atoms with van der Waals surface area (Å²) in [6.45, 7) is 0. The van der Waals surface area contributed by atoms with Gasteiger partial charge in [0, 0.05) is 0 Å². The highest BCUT2D eigenvalue weighted by atomic mass is 16.1. The molecule has 0 radical (unpaired) electrons. The molecular weight excluding hydrogens is 184 g/mol. The van der Waals surface area contributed by atoms with Crippen LogP contribution in [0.25, 0.3) is 16.8 Å². The standard InChI is InChI=1S/C7H4N6O/c14-7-6-12-10-3-13(6)4-1-8-2-9-5(4)11-7/h1-3H,(H,8,9,11,14). The highest BCUT2D eigenvalue weighted by molar-refractivity contribution is 5.71. The molecule has 0 aliphatic heterocycles. The van der Waals surface area contributed by atoms with Gasteiger partial charge in [-0.25, -0.2) is 9.97 Å². The Morgan fingerprint density at radius 3 is 3.29 bits per heavy atom. The zero-order valence-electron chi connectivity index (χ0n) is 6.88. The van der Waals surface area contributed by atoms with Crippen molar-refractivity contribution in [2.75, 3.05) is 0 Å². The third-order valence-electron chi connectivity index (χ3n) is 1.94. The van der Waals surface area contributed by atoms with Gasteiger partial charge in [0.05, 0.1) is 6.20 Å². The highest BCUT2D eigenvalue weighted by Crippen LogP contribution is 2.04. The number of hydrogen-bond donors (Lipinski definition) is 1. The monoisotopic (exact) mass is 188 g/mol. The molecule has 0 aliphatic carbocycles. The Hall–Kier alpha value is -2.31. The van der Waals surface area contributed by atoms with Crippen LogP contribution in [-0.2, 0) is 0 Å². The Morgan fingerprint density at radius 1 is 1.43 bits per heavy atom. The molecule has 0 fully saturated rings. The summed E-state index contributed by atoms with van der Waals surface area (Å²) in [6.07, 6.45) is 4.42. The van der Waals surface area contributed by atoms with E-state index in [0.717, 1.165) is 0 Å². The molecule has 0 aromatic carbocycles. The fourth-order valence-corrected chi connectivity index (χ4v) is 1.32. The molecule has 0 amide bonds. The Bertz CT molecular complexity index is 668. The van der Waals surface area contributed by atoms with Crippen LogP contribution in [-0.4, -0.2) is 29.5 Å². The van der Waals surface area contributed by atoms with E-state index in [1.54, 1.807) is 10.6 Å². The van der Waals surface area contributed by atoms with Crippen LogP contribution in [0.1, 0.15) is 0 Å². The molecule has 1 N–H and O–H groups in total. The summed E-state index contributed by atoms with van der Waals surface area (Å²) < 4.78 is 1.55. The molecule has 3 heterocycles. The molecule has 7 heteroatoms. The molecule has 0 atom stereocenters. The van der Waals surface area contributed by atoms with E-state index in [2.05, 4.69) is 25.1 Å². The summed E-state index contributed by atoms with van der Waals surface area (Å²) in [7, 11) is 0. The smallest absolute Gasteiger partial charge is 0.295 e. The maximum Gasteiger partial charge on any atom is 0.295 e. The van der Waals surface area contributed by atoms with E-state index in [9.17, 15) is 4.79 Å². The molecule has 0 spiro atoms. The molecular formula is C7H4N6O. The second kappa shape index (κ2) is 2.34. The van der Waals surface area contributed by atoms with E-state index in [1.807, 2.05) is 0 Å². The largest absolute Gasteiger partial charge is 0.302 e. The summed E-state index contributed by atoms with van der Waals surface area (Å²) in [5, 5.41) is 7.33. The van der Waals surface area contributed by atoms with Gasteiger partial charge in [-0.1, -0.05) is 0 Å². The minimum Gasteiger partial charge on any atom is -0.302 e. The molecule has 0 saturated heterocycles. The van der Waals surface area contributed by atoms with Gasteiger partial charge in [-0.05, 0) is 0 Å². The summed E-state index contributed by atoms with van der Waals surface area (Å²) in [4.78, 5) is 21.8. The SMILES string of the molecule is O=c1[nH]c2ncncc2n2cnnc12. The third-order valence-corrected chi connectivity index (χ3v) is 1.94. The zero-order valence-corrected chi connectivity index (χ0v) is 6.88. The van der Waals surface area contributed by atoms with Crippen LogP contribution in [0.3, 0.4) is 0 Å². The maximum atomic E-state index is 11.4. The highest BCUT2D eigenvalue weighted by Gasteiger charge is 2.05. The van der Waals surface area contributed by atoms with Crippen LogP contribution in [0.5, 0.6) is 0 Å². The number of rotatable bonds is 0. The van der Waals surface area contributed by atoms with Crippen molar-refractivity contribution in [3.05, 3.63) is 29.2 Å². The van der Waals surface area contributed by atoms with E-state index in [4.69, 9.17) is 0 Å². The second-order valence-electron chi connectivity index (χ2n) is 2.74. The van der Waals surface area contributed by atoms with Gasteiger partial charge in [0.1, 0.15) is 18.2 Å². The van der Waals surface area contributed by atoms with Crippen molar-refractivity contribution in [1.82, 2.24) is 29.5 Å². The van der Waals surface area contributed by atoms with Gasteiger partial charge in [0.15, 0.2) is 5.65 Å². The van der Waals surface area contributed by atoms with Crippen molar-refractivity contribution in [2.45, 2.75) is 0 Å². The Balaban J connectivity index is 2.73. The van der Waals surface area contributed by atoms with Gasteiger partial charge in [0.25, 0.3) is 5.56 Å². The summed E-state index contributed by atoms with van der Waals surface area (Å²) in [5.74, 6) is 0. The van der Waals surface area contributed by atoms with Crippen molar-refractivity contribution < 1.29 is 0 Å². The summed E-state index contributed by atoms with van der Waals surface area (Å²) in [5.41, 5.74) is 1.07. The molecule has 0 unspecified atom stereocenters. The minimum atomic E-state index is -0.311. The average molecular weight is 188 g/mol. The van der Waals surface area contributed by atoms with Crippen LogP contribution in [0.4, 0.5) is 0 Å². The number of aromatic nitrogens is 6. The van der Waals surface area contributed by atoms with E-state index < -0.39 is 0 Å². The van der Waals surface area contributed by atoms with Crippen LogP contribution >= 0.6 is 0 Å². The van der Waals surface area contributed by atoms with E-state index >= 15 is 0 Å². The first kappa shape index (κ1) is 7.13. The number of aromatic amines is 1. The van der Waals surface area contributed by atoms with Crippen molar-refractivity contribution in [1.29, 1.82) is 0 Å². The second-order valence-corrected chi connectivity index (χ2v) is 2.74. The van der Waals surface area contributed by atoms with E-state index in [1.165, 1.54) is 12.7 Å². The predicted molar refractivity (Wildman–Crippen MR) is 46.7 cm³/mol. The number of nitrogens with one attached hydrogen (secondary N) is 1. The van der Waals surface area contributed by atoms with Crippen molar-refractivity contribution >= 4 is 16.8 Å². The Labute approximate surface area is 76.5 Å². The fraction of sp³-hybridized carbons (Fsp3) is 0. The molecule has 3 aromatic heterocycles. The van der Waals surface area contributed by atoms with Crippen molar-refractivity contribution in [3.63, 3.8) is 0 Å². The van der Waals surface area contributed by atoms with Gasteiger partial charge < -0.3 is 4.98 Å². The third kappa shape index (κ3) is 0.777. The summed E-state index contributed by atoms with van der Waals surface area (Å²) >= 11 is 0. The van der Waals surface area contributed by atoms with Crippen molar-refractivity contribution in [3.8, 4) is 0 Å². The number of fused-ring (bicyclic) bond motifs is 3. The summed E-state index contributed by atoms with van der Waals surface area (Å²) in [6, 6.07) is 0. The van der Waals surface area contributed by atoms with Gasteiger partial charge in [-0.15, -0.1) is 10.2 Å². The molecule has 7 nitrogen and oxygen atoms in total. The quantitative estimate of drug-likeness (QED) is 0.507. The Kier molecular flexibility index (Phi) is 1.19. The lowest BCUT2D eigenvalue weighted by atomic mass is 10.5. The van der Waals surface area contributed by atoms with Crippen LogP contribution in [0.2, 0.25) is 0 Å². The Morgan fingerprint density at radius 2 is 2.36 bits per heavy atom. The number of hydrogen-bond acceptors (Lipinski definition) is 5. The molecule has 3 rings (SSSR count). The molecule has 0 saturated carbocycles. The van der Waals surface area contributed by atoms with Crippen LogP contribution < -0.4 is 5.56 Å². The lowest BCUT2D eigenvalue weighted by Gasteiger charge is -1.97. The fourth-order valence-electron chi connectivity index (χ4n) is 1.32. The molecule has 3 aromatic rings. The molecule has 0 bridgehead atoms. The first-order valence-corrected chi connectivity index (χ1v) is 3.88. The van der Waals surface area contributed by atoms with Crippen LogP contribution in [0, 0.1) is 0 Å².